The first kappa shape index (κ1) is 22.3. The van der Waals surface area contributed by atoms with Gasteiger partial charge in [0.2, 0.25) is 0 Å². The number of amides is 1. The smallest absolute Gasteiger partial charge is 0.267 e. The number of thioether (sulfide) groups is 1. The van der Waals surface area contributed by atoms with Crippen LogP contribution in [0, 0.1) is 0 Å². The Hall–Kier alpha value is -3.54. The molecule has 0 saturated carbocycles. The highest BCUT2D eigenvalue weighted by atomic mass is 35.5. The van der Waals surface area contributed by atoms with Gasteiger partial charge in [-0.3, -0.25) is 14.7 Å². The molecule has 0 bridgehead atoms. The normalized spacial score (nSPS) is 16.0. The monoisotopic (exact) mass is 483 g/mol. The molecular weight excluding hydrogens is 462 g/mol. The van der Waals surface area contributed by atoms with Crippen molar-refractivity contribution < 1.29 is 4.79 Å². The second-order valence-corrected chi connectivity index (χ2v) is 9.30. The van der Waals surface area contributed by atoms with Gasteiger partial charge in [0.25, 0.3) is 5.91 Å². The van der Waals surface area contributed by atoms with Crippen LogP contribution in [0.2, 0.25) is 5.02 Å². The topological polar surface area (TPSA) is 37.6 Å². The molecule has 4 aromatic rings. The van der Waals surface area contributed by atoms with E-state index < -0.39 is 0 Å². The molecule has 2 heterocycles. The van der Waals surface area contributed by atoms with Crippen LogP contribution in [-0.4, -0.2) is 20.5 Å². The maximum Gasteiger partial charge on any atom is 0.267 e. The van der Waals surface area contributed by atoms with Crippen LogP contribution in [0.4, 0.5) is 0 Å². The number of rotatable bonds is 6. The molecule has 5 rings (SSSR count). The summed E-state index contributed by atoms with van der Waals surface area (Å²) in [6.07, 6.45) is 3.91. The summed E-state index contributed by atoms with van der Waals surface area (Å²) in [7, 11) is 0. The lowest BCUT2D eigenvalue weighted by Gasteiger charge is -2.15. The second-order valence-electron chi connectivity index (χ2n) is 7.85. The van der Waals surface area contributed by atoms with Crippen LogP contribution in [0.5, 0.6) is 0 Å². The molecule has 3 aromatic carbocycles. The van der Waals surface area contributed by atoms with Crippen LogP contribution < -0.4 is 0 Å². The molecule has 1 aliphatic rings. The van der Waals surface area contributed by atoms with E-state index in [2.05, 4.69) is 0 Å². The fourth-order valence-corrected chi connectivity index (χ4v) is 4.84. The van der Waals surface area contributed by atoms with Gasteiger partial charge >= 0.3 is 0 Å². The number of amidine groups is 1. The van der Waals surface area contributed by atoms with E-state index in [9.17, 15) is 4.79 Å². The molecule has 6 heteroatoms. The third-order valence-corrected chi connectivity index (χ3v) is 6.77. The van der Waals surface area contributed by atoms with E-state index in [4.69, 9.17) is 16.6 Å². The first-order valence-electron chi connectivity index (χ1n) is 10.9. The lowest BCUT2D eigenvalue weighted by molar-refractivity contribution is -0.122. The third kappa shape index (κ3) is 5.01. The summed E-state index contributed by atoms with van der Waals surface area (Å²) in [5.74, 6) is -0.0375. The molecule has 4 nitrogen and oxygen atoms in total. The van der Waals surface area contributed by atoms with E-state index in [1.54, 1.807) is 4.90 Å². The van der Waals surface area contributed by atoms with E-state index >= 15 is 0 Å². The molecule has 1 saturated heterocycles. The Labute approximate surface area is 208 Å². The molecule has 34 heavy (non-hydrogen) atoms. The second kappa shape index (κ2) is 10.2. The minimum Gasteiger partial charge on any atom is -0.317 e. The first-order chi connectivity index (χ1) is 16.7. The number of carbonyl (C=O) groups excluding carboxylic acids is 1. The molecule has 1 fully saturated rings. The molecule has 0 aliphatic carbocycles. The van der Waals surface area contributed by atoms with Gasteiger partial charge in [-0.15, -0.1) is 0 Å². The molecule has 0 N–H and O–H groups in total. The van der Waals surface area contributed by atoms with E-state index in [-0.39, 0.29) is 5.91 Å². The summed E-state index contributed by atoms with van der Waals surface area (Å²) in [6.45, 7) is 1.01. The van der Waals surface area contributed by atoms with Crippen molar-refractivity contribution in [1.82, 2.24) is 9.47 Å². The summed E-state index contributed by atoms with van der Waals surface area (Å²) < 4.78 is 2.04. The van der Waals surface area contributed by atoms with Crippen molar-refractivity contribution in [2.75, 3.05) is 0 Å². The van der Waals surface area contributed by atoms with Gasteiger partial charge in [0.05, 0.1) is 18.0 Å². The fourth-order valence-electron chi connectivity index (χ4n) is 3.76. The Kier molecular flexibility index (Phi) is 6.65. The number of nitrogens with zero attached hydrogens (tertiary/aromatic N) is 3. The Morgan fingerprint density at radius 2 is 1.50 bits per heavy atom. The van der Waals surface area contributed by atoms with Crippen molar-refractivity contribution >= 4 is 40.5 Å². The number of aliphatic imine (C=N–C) groups is 1. The largest absolute Gasteiger partial charge is 0.317 e. The molecule has 0 atom stereocenters. The van der Waals surface area contributed by atoms with E-state index in [1.165, 1.54) is 11.8 Å². The minimum absolute atomic E-state index is 0.0375. The molecule has 1 amide bonds. The standard InChI is InChI=1S/C28H22ClN3OS/c29-23-13-15-24(16-14-23)31-17-7-12-25(31)18-26-27(33)32(20-22-10-5-2-6-11-22)28(34-26)30-19-21-8-3-1-4-9-21/h1-18H,19-20H2/b26-18-,30-28?. The van der Waals surface area contributed by atoms with Crippen LogP contribution in [0.1, 0.15) is 16.8 Å². The van der Waals surface area contributed by atoms with Crippen molar-refractivity contribution in [2.45, 2.75) is 13.1 Å². The Morgan fingerprint density at radius 1 is 0.824 bits per heavy atom. The molecule has 1 aliphatic heterocycles. The van der Waals surface area contributed by atoms with Gasteiger partial charge in [-0.2, -0.15) is 0 Å². The summed E-state index contributed by atoms with van der Waals surface area (Å²) in [5, 5.41) is 1.40. The Bertz CT molecular complexity index is 1350. The highest BCUT2D eigenvalue weighted by Gasteiger charge is 2.33. The van der Waals surface area contributed by atoms with Crippen molar-refractivity contribution in [1.29, 1.82) is 0 Å². The SMILES string of the molecule is O=C1/C(=C/c2cccn2-c2ccc(Cl)cc2)SC(=NCc2ccccc2)N1Cc1ccccc1. The molecule has 168 valence electrons. The van der Waals surface area contributed by atoms with Crippen LogP contribution in [0.3, 0.4) is 0 Å². The number of benzene rings is 3. The van der Waals surface area contributed by atoms with Gasteiger partial charge in [-0.1, -0.05) is 72.3 Å². The van der Waals surface area contributed by atoms with E-state index in [0.717, 1.165) is 22.5 Å². The van der Waals surface area contributed by atoms with E-state index in [0.29, 0.717) is 28.2 Å². The predicted octanol–water partition coefficient (Wildman–Crippen LogP) is 6.80. The van der Waals surface area contributed by atoms with Gasteiger partial charge in [-0.25, -0.2) is 0 Å². The molecular formula is C28H22ClN3OS. The number of hydrogen-bond donors (Lipinski definition) is 0. The zero-order valence-corrected chi connectivity index (χ0v) is 19.9. The lowest BCUT2D eigenvalue weighted by atomic mass is 10.2. The van der Waals surface area contributed by atoms with Crippen molar-refractivity contribution in [3.8, 4) is 5.69 Å². The van der Waals surface area contributed by atoms with Crippen molar-refractivity contribution in [3.63, 3.8) is 0 Å². The molecule has 0 radical (unpaired) electrons. The van der Waals surface area contributed by atoms with Crippen LogP contribution in [0.25, 0.3) is 11.8 Å². The van der Waals surface area contributed by atoms with Crippen molar-refractivity contribution in [2.24, 2.45) is 4.99 Å². The number of aromatic nitrogens is 1. The van der Waals surface area contributed by atoms with Gasteiger partial charge in [0.1, 0.15) is 0 Å². The highest BCUT2D eigenvalue weighted by molar-refractivity contribution is 8.18. The van der Waals surface area contributed by atoms with Gasteiger partial charge in [-0.05, 0) is 65.4 Å². The quantitative estimate of drug-likeness (QED) is 0.283. The third-order valence-electron chi connectivity index (χ3n) is 5.48. The van der Waals surface area contributed by atoms with Crippen LogP contribution >= 0.6 is 23.4 Å². The Balaban J connectivity index is 1.46. The molecule has 1 aromatic heterocycles. The van der Waals surface area contributed by atoms with Crippen LogP contribution in [0.15, 0.2) is 113 Å². The first-order valence-corrected chi connectivity index (χ1v) is 12.1. The minimum atomic E-state index is -0.0375. The number of carbonyl (C=O) groups is 1. The predicted molar refractivity (Wildman–Crippen MR) is 141 cm³/mol. The number of halogens is 1. The number of hydrogen-bond acceptors (Lipinski definition) is 3. The van der Waals surface area contributed by atoms with Gasteiger partial charge < -0.3 is 4.57 Å². The summed E-state index contributed by atoms with van der Waals surface area (Å²) in [4.78, 5) is 20.7. The summed E-state index contributed by atoms with van der Waals surface area (Å²) in [6, 6.07) is 31.7. The fraction of sp³-hybridized carbons (Fsp3) is 0.0714. The zero-order valence-electron chi connectivity index (χ0n) is 18.3. The van der Waals surface area contributed by atoms with Gasteiger partial charge in [0, 0.05) is 22.6 Å². The highest BCUT2D eigenvalue weighted by Crippen LogP contribution is 2.34. The van der Waals surface area contributed by atoms with Crippen molar-refractivity contribution in [3.05, 3.63) is 130 Å². The average molecular weight is 484 g/mol. The average Bonchev–Trinajstić information content (AvgIpc) is 3.45. The summed E-state index contributed by atoms with van der Waals surface area (Å²) in [5.41, 5.74) is 4.07. The molecule has 0 unspecified atom stereocenters. The zero-order chi connectivity index (χ0) is 23.3. The maximum atomic E-state index is 13.5. The van der Waals surface area contributed by atoms with E-state index in [1.807, 2.05) is 114 Å². The lowest BCUT2D eigenvalue weighted by Crippen LogP contribution is -2.28. The van der Waals surface area contributed by atoms with Gasteiger partial charge in [0.15, 0.2) is 5.17 Å². The maximum absolute atomic E-state index is 13.5. The van der Waals surface area contributed by atoms with Crippen LogP contribution in [-0.2, 0) is 17.9 Å². The summed E-state index contributed by atoms with van der Waals surface area (Å²) >= 11 is 7.48. The Morgan fingerprint density at radius 3 is 2.21 bits per heavy atom. The molecule has 0 spiro atoms.